The van der Waals surface area contributed by atoms with Crippen molar-refractivity contribution in [1.82, 2.24) is 0 Å². The minimum absolute atomic E-state index is 1.05. The molecule has 1 rings (SSSR count). The van der Waals surface area contributed by atoms with Crippen LogP contribution in [0.4, 0.5) is 0 Å². The largest absolute Gasteiger partial charge is 0.0654 e. The molecule has 0 aromatic heterocycles. The number of hydrogen-bond acceptors (Lipinski definition) is 0. The zero-order valence-corrected chi connectivity index (χ0v) is 8.81. The fourth-order valence-electron chi connectivity index (χ4n) is 2.17. The van der Waals surface area contributed by atoms with Crippen LogP contribution >= 0.6 is 0 Å². The molecule has 0 aliphatic heterocycles. The van der Waals surface area contributed by atoms with Gasteiger partial charge in [0.15, 0.2) is 0 Å². The van der Waals surface area contributed by atoms with Crippen molar-refractivity contribution in [2.24, 2.45) is 11.8 Å². The quantitative estimate of drug-likeness (QED) is 0.516. The highest BCUT2D eigenvalue weighted by atomic mass is 14.3. The van der Waals surface area contributed by atoms with Crippen LogP contribution in [0, 0.1) is 11.8 Å². The standard InChI is InChI=1S/C12H24/c1-3-4-5-6-7-8-12-10-9-11(12)2/h11-12H,3-10H2,1-2H3. The van der Waals surface area contributed by atoms with E-state index in [1.807, 2.05) is 0 Å². The van der Waals surface area contributed by atoms with Crippen molar-refractivity contribution in [2.75, 3.05) is 0 Å². The van der Waals surface area contributed by atoms with Crippen LogP contribution in [-0.2, 0) is 0 Å². The molecule has 1 saturated carbocycles. The summed E-state index contributed by atoms with van der Waals surface area (Å²) in [5.41, 5.74) is 0. The molecule has 0 heterocycles. The fraction of sp³-hybridized carbons (Fsp3) is 1.00. The van der Waals surface area contributed by atoms with Crippen LogP contribution in [0.3, 0.4) is 0 Å². The average molecular weight is 168 g/mol. The van der Waals surface area contributed by atoms with Crippen molar-refractivity contribution in [3.63, 3.8) is 0 Å². The Balaban J connectivity index is 1.82. The Morgan fingerprint density at radius 1 is 1.00 bits per heavy atom. The molecule has 0 aromatic rings. The smallest absolute Gasteiger partial charge is 0.0388 e. The number of unbranched alkanes of at least 4 members (excludes halogenated alkanes) is 4. The Bertz CT molecular complexity index is 107. The number of hydrogen-bond donors (Lipinski definition) is 0. The first-order valence-corrected chi connectivity index (χ1v) is 5.84. The molecule has 0 heteroatoms. The molecule has 2 atom stereocenters. The number of rotatable bonds is 6. The zero-order valence-electron chi connectivity index (χ0n) is 8.81. The lowest BCUT2D eigenvalue weighted by Crippen LogP contribution is -2.22. The molecule has 1 aliphatic carbocycles. The average Bonchev–Trinajstić information content (AvgIpc) is 2.08. The van der Waals surface area contributed by atoms with Gasteiger partial charge in [-0.15, -0.1) is 0 Å². The highest BCUT2D eigenvalue weighted by Crippen LogP contribution is 2.37. The van der Waals surface area contributed by atoms with Crippen LogP contribution in [0.1, 0.15) is 65.2 Å². The maximum atomic E-state index is 2.42. The molecule has 0 radical (unpaired) electrons. The lowest BCUT2D eigenvalue weighted by Gasteiger charge is -2.33. The minimum atomic E-state index is 1.05. The van der Waals surface area contributed by atoms with Crippen LogP contribution in [0.2, 0.25) is 0 Å². The van der Waals surface area contributed by atoms with Gasteiger partial charge in [-0.2, -0.15) is 0 Å². The van der Waals surface area contributed by atoms with Gasteiger partial charge in [0.2, 0.25) is 0 Å². The monoisotopic (exact) mass is 168 g/mol. The third-order valence-electron chi connectivity index (χ3n) is 3.48. The molecule has 1 aliphatic rings. The molecule has 1 fully saturated rings. The molecule has 2 unspecified atom stereocenters. The molecule has 0 bridgehead atoms. The second-order valence-electron chi connectivity index (χ2n) is 4.52. The van der Waals surface area contributed by atoms with E-state index in [9.17, 15) is 0 Å². The van der Waals surface area contributed by atoms with Crippen molar-refractivity contribution in [2.45, 2.75) is 65.2 Å². The Morgan fingerprint density at radius 2 is 1.75 bits per heavy atom. The third kappa shape index (κ3) is 3.16. The molecule has 0 nitrogen and oxygen atoms in total. The SMILES string of the molecule is CCCCCCCC1CCC1C. The van der Waals surface area contributed by atoms with E-state index in [1.165, 1.54) is 51.4 Å². The molecular weight excluding hydrogens is 144 g/mol. The highest BCUT2D eigenvalue weighted by Gasteiger charge is 2.25. The van der Waals surface area contributed by atoms with Crippen LogP contribution in [0.15, 0.2) is 0 Å². The first-order chi connectivity index (χ1) is 5.84. The summed E-state index contributed by atoms with van der Waals surface area (Å²) < 4.78 is 0. The second kappa shape index (κ2) is 5.61. The summed E-state index contributed by atoms with van der Waals surface area (Å²) >= 11 is 0. The topological polar surface area (TPSA) is 0 Å². The van der Waals surface area contributed by atoms with E-state index >= 15 is 0 Å². The molecule has 0 N–H and O–H groups in total. The Kier molecular flexibility index (Phi) is 4.72. The van der Waals surface area contributed by atoms with Gasteiger partial charge in [0.1, 0.15) is 0 Å². The normalized spacial score (nSPS) is 28.5. The Labute approximate surface area is 77.7 Å². The van der Waals surface area contributed by atoms with Gasteiger partial charge < -0.3 is 0 Å². The van der Waals surface area contributed by atoms with Crippen LogP contribution in [-0.4, -0.2) is 0 Å². The molecule has 72 valence electrons. The second-order valence-corrected chi connectivity index (χ2v) is 4.52. The lowest BCUT2D eigenvalue weighted by atomic mass is 9.72. The van der Waals surface area contributed by atoms with Gasteiger partial charge in [0.05, 0.1) is 0 Å². The minimum Gasteiger partial charge on any atom is -0.0654 e. The third-order valence-corrected chi connectivity index (χ3v) is 3.48. The zero-order chi connectivity index (χ0) is 8.81. The summed E-state index contributed by atoms with van der Waals surface area (Å²) in [6.45, 7) is 4.70. The molecule has 0 aromatic carbocycles. The van der Waals surface area contributed by atoms with Gasteiger partial charge in [-0.3, -0.25) is 0 Å². The van der Waals surface area contributed by atoms with E-state index in [-0.39, 0.29) is 0 Å². The summed E-state index contributed by atoms with van der Waals surface area (Å²) in [5, 5.41) is 0. The van der Waals surface area contributed by atoms with E-state index in [2.05, 4.69) is 13.8 Å². The molecule has 12 heavy (non-hydrogen) atoms. The van der Waals surface area contributed by atoms with Crippen LogP contribution in [0.25, 0.3) is 0 Å². The van der Waals surface area contributed by atoms with Crippen molar-refractivity contribution in [1.29, 1.82) is 0 Å². The van der Waals surface area contributed by atoms with E-state index in [0.717, 1.165) is 11.8 Å². The van der Waals surface area contributed by atoms with Crippen LogP contribution in [0.5, 0.6) is 0 Å². The predicted molar refractivity (Wildman–Crippen MR) is 55.3 cm³/mol. The maximum Gasteiger partial charge on any atom is -0.0388 e. The molecule has 0 amide bonds. The van der Waals surface area contributed by atoms with Gasteiger partial charge in [-0.1, -0.05) is 58.8 Å². The molecular formula is C12H24. The van der Waals surface area contributed by atoms with Gasteiger partial charge in [-0.25, -0.2) is 0 Å². The van der Waals surface area contributed by atoms with Gasteiger partial charge in [-0.05, 0) is 18.3 Å². The van der Waals surface area contributed by atoms with Gasteiger partial charge >= 0.3 is 0 Å². The van der Waals surface area contributed by atoms with Crippen molar-refractivity contribution >= 4 is 0 Å². The van der Waals surface area contributed by atoms with E-state index in [0.29, 0.717) is 0 Å². The molecule has 0 spiro atoms. The highest BCUT2D eigenvalue weighted by molar-refractivity contribution is 4.76. The van der Waals surface area contributed by atoms with Crippen molar-refractivity contribution < 1.29 is 0 Å². The van der Waals surface area contributed by atoms with Crippen LogP contribution < -0.4 is 0 Å². The lowest BCUT2D eigenvalue weighted by molar-refractivity contribution is 0.178. The first-order valence-electron chi connectivity index (χ1n) is 5.84. The van der Waals surface area contributed by atoms with Crippen molar-refractivity contribution in [3.8, 4) is 0 Å². The fourth-order valence-corrected chi connectivity index (χ4v) is 2.17. The first kappa shape index (κ1) is 10.1. The van der Waals surface area contributed by atoms with Gasteiger partial charge in [0.25, 0.3) is 0 Å². The van der Waals surface area contributed by atoms with Gasteiger partial charge in [0, 0.05) is 0 Å². The summed E-state index contributed by atoms with van der Waals surface area (Å²) in [5.74, 6) is 2.16. The predicted octanol–water partition coefficient (Wildman–Crippen LogP) is 4.39. The van der Waals surface area contributed by atoms with E-state index in [4.69, 9.17) is 0 Å². The molecule has 0 saturated heterocycles. The van der Waals surface area contributed by atoms with E-state index < -0.39 is 0 Å². The van der Waals surface area contributed by atoms with E-state index in [1.54, 1.807) is 0 Å². The van der Waals surface area contributed by atoms with Crippen molar-refractivity contribution in [3.05, 3.63) is 0 Å². The Morgan fingerprint density at radius 3 is 2.25 bits per heavy atom. The Hall–Kier alpha value is 0. The summed E-state index contributed by atoms with van der Waals surface area (Å²) in [6.07, 6.45) is 11.8. The summed E-state index contributed by atoms with van der Waals surface area (Å²) in [4.78, 5) is 0. The summed E-state index contributed by atoms with van der Waals surface area (Å²) in [7, 11) is 0. The maximum absolute atomic E-state index is 2.42. The summed E-state index contributed by atoms with van der Waals surface area (Å²) in [6, 6.07) is 0.